The summed E-state index contributed by atoms with van der Waals surface area (Å²) in [6, 6.07) is 9.89. The van der Waals surface area contributed by atoms with Gasteiger partial charge < -0.3 is 14.7 Å². The highest BCUT2D eigenvalue weighted by Gasteiger charge is 2.21. The summed E-state index contributed by atoms with van der Waals surface area (Å²) in [6.07, 6.45) is 0. The molecule has 2 aromatic carbocycles. The molecular formula is C19H20N2O6S. The van der Waals surface area contributed by atoms with Crippen molar-refractivity contribution in [3.63, 3.8) is 0 Å². The third kappa shape index (κ3) is 4.32. The van der Waals surface area contributed by atoms with Crippen molar-refractivity contribution in [2.75, 3.05) is 35.9 Å². The number of benzene rings is 2. The molecule has 28 heavy (non-hydrogen) atoms. The van der Waals surface area contributed by atoms with E-state index in [2.05, 4.69) is 4.72 Å². The van der Waals surface area contributed by atoms with Gasteiger partial charge in [-0.2, -0.15) is 0 Å². The number of nitrogens with one attached hydrogen (secondary N) is 1. The van der Waals surface area contributed by atoms with Crippen LogP contribution in [-0.4, -0.2) is 51.6 Å². The summed E-state index contributed by atoms with van der Waals surface area (Å²) >= 11 is 0. The summed E-state index contributed by atoms with van der Waals surface area (Å²) in [5.74, 6) is -1.32. The third-order valence-electron chi connectivity index (χ3n) is 4.41. The van der Waals surface area contributed by atoms with Gasteiger partial charge in [0.15, 0.2) is 5.78 Å². The molecule has 9 heteroatoms. The van der Waals surface area contributed by atoms with Crippen LogP contribution >= 0.6 is 0 Å². The maximum atomic E-state index is 12.8. The van der Waals surface area contributed by atoms with Gasteiger partial charge in [0.05, 0.1) is 35.0 Å². The summed E-state index contributed by atoms with van der Waals surface area (Å²) in [6.45, 7) is 3.52. The van der Waals surface area contributed by atoms with Crippen LogP contribution in [-0.2, 0) is 14.8 Å². The highest BCUT2D eigenvalue weighted by molar-refractivity contribution is 7.92. The van der Waals surface area contributed by atoms with E-state index in [1.165, 1.54) is 43.3 Å². The minimum atomic E-state index is -3.97. The predicted molar refractivity (Wildman–Crippen MR) is 104 cm³/mol. The van der Waals surface area contributed by atoms with Gasteiger partial charge in [-0.3, -0.25) is 9.52 Å². The van der Waals surface area contributed by atoms with Gasteiger partial charge in [0.25, 0.3) is 10.0 Å². The van der Waals surface area contributed by atoms with Crippen molar-refractivity contribution in [1.29, 1.82) is 0 Å². The molecule has 0 saturated carbocycles. The lowest BCUT2D eigenvalue weighted by Crippen LogP contribution is -2.36. The number of hydrogen-bond acceptors (Lipinski definition) is 6. The molecule has 3 rings (SSSR count). The van der Waals surface area contributed by atoms with Crippen molar-refractivity contribution in [3.8, 4) is 0 Å². The quantitative estimate of drug-likeness (QED) is 0.710. The van der Waals surface area contributed by atoms with Crippen molar-refractivity contribution in [3.05, 3.63) is 53.6 Å². The number of rotatable bonds is 6. The van der Waals surface area contributed by atoms with E-state index in [9.17, 15) is 23.1 Å². The molecule has 148 valence electrons. The summed E-state index contributed by atoms with van der Waals surface area (Å²) < 4.78 is 33.4. The zero-order chi connectivity index (χ0) is 20.3. The van der Waals surface area contributed by atoms with E-state index in [0.29, 0.717) is 37.6 Å². The molecule has 0 amide bonds. The number of Topliss-reactive ketones (excluding diaryl/α,β-unsaturated/α-hetero) is 1. The number of carboxylic acid groups (broad SMARTS) is 1. The number of carbonyl (C=O) groups excluding carboxylic acids is 1. The normalized spacial score (nSPS) is 14.5. The fraction of sp³-hybridized carbons (Fsp3) is 0.263. The maximum Gasteiger partial charge on any atom is 0.335 e. The van der Waals surface area contributed by atoms with Gasteiger partial charge >= 0.3 is 5.97 Å². The van der Waals surface area contributed by atoms with Crippen molar-refractivity contribution < 1.29 is 27.9 Å². The van der Waals surface area contributed by atoms with E-state index in [0.717, 1.165) is 0 Å². The van der Waals surface area contributed by atoms with Crippen LogP contribution in [0.4, 0.5) is 11.4 Å². The van der Waals surface area contributed by atoms with Crippen LogP contribution in [0.2, 0.25) is 0 Å². The predicted octanol–water partition coefficient (Wildman–Crippen LogP) is 2.22. The summed E-state index contributed by atoms with van der Waals surface area (Å²) in [7, 11) is -3.97. The first-order valence-electron chi connectivity index (χ1n) is 8.62. The van der Waals surface area contributed by atoms with Gasteiger partial charge in [-0.25, -0.2) is 13.2 Å². The van der Waals surface area contributed by atoms with Crippen LogP contribution in [0.3, 0.4) is 0 Å². The van der Waals surface area contributed by atoms with Crippen LogP contribution in [0.15, 0.2) is 47.4 Å². The van der Waals surface area contributed by atoms with Crippen molar-refractivity contribution >= 4 is 33.2 Å². The van der Waals surface area contributed by atoms with Crippen LogP contribution in [0.5, 0.6) is 0 Å². The van der Waals surface area contributed by atoms with E-state index < -0.39 is 16.0 Å². The lowest BCUT2D eigenvalue weighted by Gasteiger charge is -2.30. The number of morpholine rings is 1. The fourth-order valence-electron chi connectivity index (χ4n) is 2.90. The van der Waals surface area contributed by atoms with E-state index in [1.807, 2.05) is 4.90 Å². The molecule has 1 aliphatic rings. The second kappa shape index (κ2) is 7.99. The first kappa shape index (κ1) is 19.8. The fourth-order valence-corrected chi connectivity index (χ4v) is 3.97. The molecule has 2 N–H and O–H groups in total. The Kier molecular flexibility index (Phi) is 5.66. The Morgan fingerprint density at radius 2 is 1.64 bits per heavy atom. The maximum absolute atomic E-state index is 12.8. The molecule has 0 bridgehead atoms. The van der Waals surface area contributed by atoms with Gasteiger partial charge in [-0.1, -0.05) is 12.1 Å². The minimum Gasteiger partial charge on any atom is -0.478 e. The highest BCUT2D eigenvalue weighted by atomic mass is 32.2. The van der Waals surface area contributed by atoms with E-state index >= 15 is 0 Å². The number of hydrogen-bond donors (Lipinski definition) is 2. The smallest absolute Gasteiger partial charge is 0.335 e. The van der Waals surface area contributed by atoms with Crippen molar-refractivity contribution in [2.45, 2.75) is 11.8 Å². The number of nitrogens with zero attached hydrogens (tertiary/aromatic N) is 1. The highest BCUT2D eigenvalue weighted by Crippen LogP contribution is 2.30. The molecule has 0 radical (unpaired) electrons. The van der Waals surface area contributed by atoms with Crippen molar-refractivity contribution in [1.82, 2.24) is 0 Å². The van der Waals surface area contributed by atoms with Gasteiger partial charge in [-0.15, -0.1) is 0 Å². The second-order valence-corrected chi connectivity index (χ2v) is 8.00. The zero-order valence-corrected chi connectivity index (χ0v) is 16.0. The molecule has 8 nitrogen and oxygen atoms in total. The number of sulfonamides is 1. The van der Waals surface area contributed by atoms with Gasteiger partial charge in [0.2, 0.25) is 0 Å². The number of carboxylic acids is 1. The topological polar surface area (TPSA) is 113 Å². The van der Waals surface area contributed by atoms with Crippen LogP contribution in [0.25, 0.3) is 0 Å². The van der Waals surface area contributed by atoms with Crippen LogP contribution in [0.1, 0.15) is 27.6 Å². The first-order valence-corrected chi connectivity index (χ1v) is 10.1. The Labute approximate surface area is 162 Å². The van der Waals surface area contributed by atoms with E-state index in [4.69, 9.17) is 4.74 Å². The molecule has 2 aromatic rings. The Hall–Kier alpha value is -2.91. The molecule has 1 fully saturated rings. The SMILES string of the molecule is CC(=O)c1ccc(S(=O)(=O)Nc2cc(C(=O)O)ccc2N2CCOCC2)cc1. The van der Waals surface area contributed by atoms with Gasteiger partial charge in [-0.05, 0) is 37.3 Å². The monoisotopic (exact) mass is 404 g/mol. The molecule has 0 aliphatic carbocycles. The standard InChI is InChI=1S/C19H20N2O6S/c1-13(22)14-2-5-16(6-3-14)28(25,26)20-17-12-15(19(23)24)4-7-18(17)21-8-10-27-11-9-21/h2-7,12,20H,8-11H2,1H3,(H,23,24). The average Bonchev–Trinajstić information content (AvgIpc) is 2.68. The van der Waals surface area contributed by atoms with Crippen LogP contribution < -0.4 is 9.62 Å². The minimum absolute atomic E-state index is 0.0221. The zero-order valence-electron chi connectivity index (χ0n) is 15.2. The van der Waals surface area contributed by atoms with Crippen LogP contribution in [0, 0.1) is 0 Å². The average molecular weight is 404 g/mol. The lowest BCUT2D eigenvalue weighted by atomic mass is 10.1. The number of anilines is 2. The molecule has 1 heterocycles. The number of carbonyl (C=O) groups is 2. The summed E-state index contributed by atoms with van der Waals surface area (Å²) in [4.78, 5) is 24.6. The Bertz CT molecular complexity index is 996. The summed E-state index contributed by atoms with van der Waals surface area (Å²) in [5.41, 5.74) is 1.14. The molecule has 1 aliphatic heterocycles. The Morgan fingerprint density at radius 3 is 2.21 bits per heavy atom. The third-order valence-corrected chi connectivity index (χ3v) is 5.79. The Balaban J connectivity index is 1.97. The molecule has 0 atom stereocenters. The molecule has 0 spiro atoms. The number of ether oxygens (including phenoxy) is 1. The largest absolute Gasteiger partial charge is 0.478 e. The van der Waals surface area contributed by atoms with E-state index in [-0.39, 0.29) is 21.9 Å². The molecule has 0 aromatic heterocycles. The van der Waals surface area contributed by atoms with E-state index in [1.54, 1.807) is 6.07 Å². The summed E-state index contributed by atoms with van der Waals surface area (Å²) in [5, 5.41) is 9.27. The number of ketones is 1. The molecular weight excluding hydrogens is 384 g/mol. The van der Waals surface area contributed by atoms with Gasteiger partial charge in [0, 0.05) is 18.7 Å². The first-order chi connectivity index (χ1) is 13.3. The number of aromatic carboxylic acids is 1. The second-order valence-electron chi connectivity index (χ2n) is 6.32. The van der Waals surface area contributed by atoms with Crippen molar-refractivity contribution in [2.24, 2.45) is 0 Å². The van der Waals surface area contributed by atoms with Gasteiger partial charge in [0.1, 0.15) is 0 Å². The molecule has 0 unspecified atom stereocenters. The Morgan fingerprint density at radius 1 is 1.04 bits per heavy atom. The lowest BCUT2D eigenvalue weighted by molar-refractivity contribution is 0.0696. The molecule has 1 saturated heterocycles.